The second kappa shape index (κ2) is 8.26. The van der Waals surface area contributed by atoms with Gasteiger partial charge in [0.2, 0.25) is 0 Å². The molecule has 0 aliphatic heterocycles. The zero-order valence-corrected chi connectivity index (χ0v) is 15.2. The SMILES string of the molecule is CCCONC(=O)c1cnn2ccc(N[C@H](C)c3cc(F)cc(F)c3F)nc12. The van der Waals surface area contributed by atoms with E-state index in [1.54, 1.807) is 12.3 Å². The summed E-state index contributed by atoms with van der Waals surface area (Å²) in [5, 5.41) is 6.90. The summed E-state index contributed by atoms with van der Waals surface area (Å²) in [6.07, 6.45) is 3.61. The van der Waals surface area contributed by atoms with E-state index in [2.05, 4.69) is 20.9 Å². The first-order valence-electron chi connectivity index (χ1n) is 8.58. The minimum atomic E-state index is -1.27. The van der Waals surface area contributed by atoms with E-state index in [0.717, 1.165) is 12.5 Å². The van der Waals surface area contributed by atoms with Gasteiger partial charge < -0.3 is 5.32 Å². The van der Waals surface area contributed by atoms with E-state index in [4.69, 9.17) is 4.84 Å². The highest BCUT2D eigenvalue weighted by Gasteiger charge is 2.18. The van der Waals surface area contributed by atoms with Gasteiger partial charge in [-0.3, -0.25) is 9.63 Å². The second-order valence-corrected chi connectivity index (χ2v) is 6.08. The Morgan fingerprint density at radius 2 is 2.11 bits per heavy atom. The molecule has 0 fully saturated rings. The number of nitrogens with zero attached hydrogens (tertiary/aromatic N) is 3. The molecule has 0 radical (unpaired) electrons. The molecule has 28 heavy (non-hydrogen) atoms. The molecule has 2 heterocycles. The van der Waals surface area contributed by atoms with Gasteiger partial charge in [-0.25, -0.2) is 28.2 Å². The molecule has 7 nitrogen and oxygen atoms in total. The minimum absolute atomic E-state index is 0.176. The number of hydrogen-bond acceptors (Lipinski definition) is 5. The largest absolute Gasteiger partial charge is 0.363 e. The topological polar surface area (TPSA) is 80.5 Å². The lowest BCUT2D eigenvalue weighted by molar-refractivity contribution is 0.0316. The van der Waals surface area contributed by atoms with Gasteiger partial charge in [-0.05, 0) is 25.5 Å². The predicted octanol–water partition coefficient (Wildman–Crippen LogP) is 3.39. The molecule has 148 valence electrons. The maximum atomic E-state index is 14.0. The van der Waals surface area contributed by atoms with Gasteiger partial charge >= 0.3 is 0 Å². The summed E-state index contributed by atoms with van der Waals surface area (Å²) < 4.78 is 42.2. The van der Waals surface area contributed by atoms with Crippen molar-refractivity contribution < 1.29 is 22.8 Å². The molecule has 0 spiro atoms. The number of anilines is 1. The summed E-state index contributed by atoms with van der Waals surface area (Å²) in [5.74, 6) is -3.53. The first kappa shape index (κ1) is 19.6. The zero-order valence-electron chi connectivity index (χ0n) is 15.2. The van der Waals surface area contributed by atoms with Crippen molar-refractivity contribution in [1.82, 2.24) is 20.1 Å². The molecule has 0 aliphatic carbocycles. The van der Waals surface area contributed by atoms with Crippen LogP contribution < -0.4 is 10.8 Å². The highest BCUT2D eigenvalue weighted by molar-refractivity contribution is 5.99. The van der Waals surface area contributed by atoms with E-state index in [0.29, 0.717) is 12.7 Å². The normalized spacial score (nSPS) is 12.2. The van der Waals surface area contributed by atoms with E-state index < -0.39 is 29.4 Å². The van der Waals surface area contributed by atoms with Crippen molar-refractivity contribution in [1.29, 1.82) is 0 Å². The smallest absolute Gasteiger partial charge is 0.280 e. The number of nitrogens with one attached hydrogen (secondary N) is 2. The lowest BCUT2D eigenvalue weighted by atomic mass is 10.1. The average Bonchev–Trinajstić information content (AvgIpc) is 3.08. The van der Waals surface area contributed by atoms with Crippen molar-refractivity contribution in [2.75, 3.05) is 11.9 Å². The van der Waals surface area contributed by atoms with Crippen LogP contribution in [-0.4, -0.2) is 27.1 Å². The number of amides is 1. The third-order valence-electron chi connectivity index (χ3n) is 3.94. The Labute approximate surface area is 158 Å². The number of hydrogen-bond donors (Lipinski definition) is 2. The zero-order chi connectivity index (χ0) is 20.3. The fourth-order valence-corrected chi connectivity index (χ4v) is 2.57. The molecule has 1 aromatic carbocycles. The molecular formula is C18H18F3N5O2. The molecular weight excluding hydrogens is 375 g/mol. The second-order valence-electron chi connectivity index (χ2n) is 6.08. The molecule has 10 heteroatoms. The van der Waals surface area contributed by atoms with Gasteiger partial charge in [-0.1, -0.05) is 6.92 Å². The molecule has 0 aliphatic rings. The Balaban J connectivity index is 1.84. The van der Waals surface area contributed by atoms with Crippen molar-refractivity contribution in [2.24, 2.45) is 0 Å². The van der Waals surface area contributed by atoms with Crippen LogP contribution in [0.15, 0.2) is 30.6 Å². The van der Waals surface area contributed by atoms with Crippen LogP contribution in [0.4, 0.5) is 19.0 Å². The number of benzene rings is 1. The minimum Gasteiger partial charge on any atom is -0.363 e. The molecule has 1 amide bonds. The van der Waals surface area contributed by atoms with Crippen LogP contribution in [0, 0.1) is 17.5 Å². The number of hydroxylamine groups is 1. The Hall–Kier alpha value is -3.14. The summed E-state index contributed by atoms with van der Waals surface area (Å²) >= 11 is 0. The van der Waals surface area contributed by atoms with Gasteiger partial charge in [0.05, 0.1) is 18.8 Å². The van der Waals surface area contributed by atoms with Crippen LogP contribution in [-0.2, 0) is 4.84 Å². The summed E-state index contributed by atoms with van der Waals surface area (Å²) in [6, 6.07) is 2.15. The summed E-state index contributed by atoms with van der Waals surface area (Å²) in [7, 11) is 0. The Morgan fingerprint density at radius 3 is 2.86 bits per heavy atom. The van der Waals surface area contributed by atoms with E-state index in [9.17, 15) is 18.0 Å². The van der Waals surface area contributed by atoms with Gasteiger partial charge in [0, 0.05) is 17.8 Å². The van der Waals surface area contributed by atoms with E-state index in [1.165, 1.54) is 17.6 Å². The van der Waals surface area contributed by atoms with E-state index >= 15 is 0 Å². The summed E-state index contributed by atoms with van der Waals surface area (Å²) in [4.78, 5) is 21.5. The fourth-order valence-electron chi connectivity index (χ4n) is 2.57. The van der Waals surface area contributed by atoms with Crippen molar-refractivity contribution in [3.8, 4) is 0 Å². The van der Waals surface area contributed by atoms with Gasteiger partial charge in [0.1, 0.15) is 17.2 Å². The highest BCUT2D eigenvalue weighted by Crippen LogP contribution is 2.24. The first-order chi connectivity index (χ1) is 13.4. The van der Waals surface area contributed by atoms with Crippen molar-refractivity contribution >= 4 is 17.4 Å². The molecule has 3 aromatic rings. The Bertz CT molecular complexity index is 1010. The van der Waals surface area contributed by atoms with Gasteiger partial charge in [0.25, 0.3) is 5.91 Å². The van der Waals surface area contributed by atoms with Crippen molar-refractivity contribution in [2.45, 2.75) is 26.3 Å². The number of carbonyl (C=O) groups is 1. The third kappa shape index (κ3) is 4.06. The number of fused-ring (bicyclic) bond motifs is 1. The van der Waals surface area contributed by atoms with Crippen molar-refractivity contribution in [3.05, 3.63) is 59.2 Å². The predicted molar refractivity (Wildman–Crippen MR) is 95.0 cm³/mol. The fraction of sp³-hybridized carbons (Fsp3) is 0.278. The lowest BCUT2D eigenvalue weighted by Crippen LogP contribution is -2.24. The van der Waals surface area contributed by atoms with Crippen LogP contribution in [0.2, 0.25) is 0 Å². The third-order valence-corrected chi connectivity index (χ3v) is 3.94. The maximum Gasteiger partial charge on any atom is 0.280 e. The van der Waals surface area contributed by atoms with Crippen LogP contribution >= 0.6 is 0 Å². The number of carbonyl (C=O) groups excluding carboxylic acids is 1. The van der Waals surface area contributed by atoms with Gasteiger partial charge in [-0.15, -0.1) is 0 Å². The maximum absolute atomic E-state index is 14.0. The molecule has 0 saturated carbocycles. The highest BCUT2D eigenvalue weighted by atomic mass is 19.2. The van der Waals surface area contributed by atoms with Gasteiger partial charge in [-0.2, -0.15) is 5.10 Å². The molecule has 0 unspecified atom stereocenters. The van der Waals surface area contributed by atoms with Crippen LogP contribution in [0.5, 0.6) is 0 Å². The van der Waals surface area contributed by atoms with E-state index in [-0.39, 0.29) is 22.6 Å². The number of rotatable bonds is 7. The standard InChI is InChI=1S/C18H18F3N5O2/c1-3-6-28-25-18(27)13-9-22-26-5-4-15(24-17(13)26)23-10(2)12-7-11(19)8-14(20)16(12)21/h4-5,7-10H,3,6H2,1-2H3,(H,23,24)(H,25,27)/t10-/m1/s1. The van der Waals surface area contributed by atoms with Crippen LogP contribution in [0.3, 0.4) is 0 Å². The average molecular weight is 393 g/mol. The monoisotopic (exact) mass is 393 g/mol. The Kier molecular flexibility index (Phi) is 5.78. The number of halogens is 3. The summed E-state index contributed by atoms with van der Waals surface area (Å²) in [5.41, 5.74) is 2.53. The molecule has 0 bridgehead atoms. The first-order valence-corrected chi connectivity index (χ1v) is 8.58. The summed E-state index contributed by atoms with van der Waals surface area (Å²) in [6.45, 7) is 3.79. The molecule has 3 rings (SSSR count). The Morgan fingerprint density at radius 1 is 1.32 bits per heavy atom. The molecule has 1 atom stereocenters. The molecule has 2 aromatic heterocycles. The lowest BCUT2D eigenvalue weighted by Gasteiger charge is -2.16. The van der Waals surface area contributed by atoms with Crippen LogP contribution in [0.25, 0.3) is 5.65 Å². The quantitative estimate of drug-likeness (QED) is 0.365. The van der Waals surface area contributed by atoms with Crippen LogP contribution in [0.1, 0.15) is 42.2 Å². The number of aromatic nitrogens is 3. The van der Waals surface area contributed by atoms with E-state index in [1.807, 2.05) is 6.92 Å². The molecule has 0 saturated heterocycles. The van der Waals surface area contributed by atoms with Crippen molar-refractivity contribution in [3.63, 3.8) is 0 Å². The van der Waals surface area contributed by atoms with Gasteiger partial charge in [0.15, 0.2) is 17.3 Å². The molecule has 2 N–H and O–H groups in total.